The van der Waals surface area contributed by atoms with Crippen molar-refractivity contribution in [1.82, 2.24) is 15.5 Å². The first kappa shape index (κ1) is 14.1. The Kier molecular flexibility index (Phi) is 4.20. The van der Waals surface area contributed by atoms with Gasteiger partial charge in [-0.1, -0.05) is 13.8 Å². The van der Waals surface area contributed by atoms with E-state index in [1.807, 2.05) is 12.1 Å². The number of nitrogens with one attached hydrogen (secondary N) is 1. The van der Waals surface area contributed by atoms with Gasteiger partial charge in [0.15, 0.2) is 0 Å². The van der Waals surface area contributed by atoms with Crippen LogP contribution in [0.4, 0.5) is 0 Å². The van der Waals surface area contributed by atoms with E-state index in [1.165, 1.54) is 5.56 Å². The second-order valence-corrected chi connectivity index (χ2v) is 5.28. The predicted molar refractivity (Wildman–Crippen MR) is 80.3 cm³/mol. The quantitative estimate of drug-likeness (QED) is 0.884. The minimum Gasteiger partial charge on any atom is -0.493 e. The zero-order chi connectivity index (χ0) is 14.7. The van der Waals surface area contributed by atoms with Crippen LogP contribution in [0.25, 0.3) is 11.5 Å². The highest BCUT2D eigenvalue weighted by Gasteiger charge is 2.19. The van der Waals surface area contributed by atoms with Crippen LogP contribution in [0.3, 0.4) is 0 Å². The minimum atomic E-state index is 0.129. The van der Waals surface area contributed by atoms with Gasteiger partial charge in [-0.2, -0.15) is 0 Å². The van der Waals surface area contributed by atoms with Crippen LogP contribution in [0.2, 0.25) is 0 Å². The summed E-state index contributed by atoms with van der Waals surface area (Å²) in [5.74, 6) is 2.21. The fraction of sp³-hybridized carbons (Fsp3) is 0.500. The number of benzene rings is 1. The number of rotatable bonds is 6. The summed E-state index contributed by atoms with van der Waals surface area (Å²) in [7, 11) is 0. The summed E-state index contributed by atoms with van der Waals surface area (Å²) in [6, 6.07) is 6.17. The van der Waals surface area contributed by atoms with Crippen molar-refractivity contribution in [3.8, 4) is 17.2 Å². The summed E-state index contributed by atoms with van der Waals surface area (Å²) in [5.41, 5.74) is 2.17. The first-order valence-electron chi connectivity index (χ1n) is 7.64. The van der Waals surface area contributed by atoms with Gasteiger partial charge in [0.1, 0.15) is 5.75 Å². The SMILES string of the molecule is CCCNC(CC)c1nnc(-c2ccc3c(c2)CCO3)o1. The molecule has 2 heterocycles. The van der Waals surface area contributed by atoms with Crippen molar-refractivity contribution in [3.63, 3.8) is 0 Å². The molecule has 0 aliphatic carbocycles. The third kappa shape index (κ3) is 2.93. The molecule has 2 aromatic rings. The van der Waals surface area contributed by atoms with Crippen LogP contribution in [0.1, 0.15) is 44.2 Å². The van der Waals surface area contributed by atoms with Crippen LogP contribution in [0.5, 0.6) is 5.75 Å². The molecule has 0 spiro atoms. The number of hydrogen-bond donors (Lipinski definition) is 1. The normalized spacial score (nSPS) is 14.8. The zero-order valence-corrected chi connectivity index (χ0v) is 12.6. The van der Waals surface area contributed by atoms with Crippen LogP contribution in [0.15, 0.2) is 22.6 Å². The minimum absolute atomic E-state index is 0.129. The van der Waals surface area contributed by atoms with E-state index in [2.05, 4.69) is 35.4 Å². The number of aromatic nitrogens is 2. The van der Waals surface area contributed by atoms with E-state index in [-0.39, 0.29) is 6.04 Å². The maximum absolute atomic E-state index is 5.85. The fourth-order valence-electron chi connectivity index (χ4n) is 2.54. The fourth-order valence-corrected chi connectivity index (χ4v) is 2.54. The molecule has 1 unspecified atom stereocenters. The molecule has 0 saturated carbocycles. The van der Waals surface area contributed by atoms with Crippen LogP contribution < -0.4 is 10.1 Å². The summed E-state index contributed by atoms with van der Waals surface area (Å²) in [5, 5.41) is 11.8. The summed E-state index contributed by atoms with van der Waals surface area (Å²) >= 11 is 0. The predicted octanol–water partition coefficient (Wildman–Crippen LogP) is 3.12. The topological polar surface area (TPSA) is 60.2 Å². The molecular weight excluding hydrogens is 266 g/mol. The van der Waals surface area contributed by atoms with Gasteiger partial charge in [-0.3, -0.25) is 0 Å². The molecule has 21 heavy (non-hydrogen) atoms. The molecule has 1 N–H and O–H groups in total. The molecule has 5 nitrogen and oxygen atoms in total. The van der Waals surface area contributed by atoms with Gasteiger partial charge >= 0.3 is 0 Å². The molecule has 3 rings (SSSR count). The zero-order valence-electron chi connectivity index (χ0n) is 12.6. The molecule has 0 amide bonds. The van der Waals surface area contributed by atoms with Gasteiger partial charge in [0.2, 0.25) is 11.8 Å². The van der Waals surface area contributed by atoms with E-state index < -0.39 is 0 Å². The van der Waals surface area contributed by atoms with Crippen molar-refractivity contribution in [2.75, 3.05) is 13.2 Å². The van der Waals surface area contributed by atoms with Crippen molar-refractivity contribution in [3.05, 3.63) is 29.7 Å². The van der Waals surface area contributed by atoms with Crippen LogP contribution in [-0.4, -0.2) is 23.3 Å². The summed E-state index contributed by atoms with van der Waals surface area (Å²) in [4.78, 5) is 0. The molecule has 1 atom stereocenters. The van der Waals surface area contributed by atoms with Crippen molar-refractivity contribution in [2.45, 2.75) is 39.2 Å². The molecule has 1 aliphatic heterocycles. The molecule has 5 heteroatoms. The van der Waals surface area contributed by atoms with Crippen molar-refractivity contribution in [1.29, 1.82) is 0 Å². The largest absolute Gasteiger partial charge is 0.493 e. The van der Waals surface area contributed by atoms with E-state index in [1.54, 1.807) is 0 Å². The van der Waals surface area contributed by atoms with Crippen LogP contribution in [0, 0.1) is 0 Å². The highest BCUT2D eigenvalue weighted by Crippen LogP contribution is 2.30. The lowest BCUT2D eigenvalue weighted by atomic mass is 10.1. The molecule has 1 aromatic carbocycles. The average molecular weight is 287 g/mol. The molecule has 0 bridgehead atoms. The number of ether oxygens (including phenoxy) is 1. The lowest BCUT2D eigenvalue weighted by Gasteiger charge is -2.11. The van der Waals surface area contributed by atoms with E-state index in [0.29, 0.717) is 11.8 Å². The van der Waals surface area contributed by atoms with Gasteiger partial charge in [0.05, 0.1) is 12.6 Å². The molecule has 0 saturated heterocycles. The average Bonchev–Trinajstić information content (AvgIpc) is 3.16. The third-order valence-corrected chi connectivity index (χ3v) is 3.72. The van der Waals surface area contributed by atoms with Crippen molar-refractivity contribution < 1.29 is 9.15 Å². The lowest BCUT2D eigenvalue weighted by Crippen LogP contribution is -2.21. The number of fused-ring (bicyclic) bond motifs is 1. The molecule has 1 aromatic heterocycles. The Labute approximate surface area is 124 Å². The monoisotopic (exact) mass is 287 g/mol. The van der Waals surface area contributed by atoms with Crippen LogP contribution in [-0.2, 0) is 6.42 Å². The standard InChI is InChI=1S/C16H21N3O2/c1-3-8-17-13(4-2)16-19-18-15(21-16)12-5-6-14-11(10-12)7-9-20-14/h5-6,10,13,17H,3-4,7-9H2,1-2H3. The van der Waals surface area contributed by atoms with Gasteiger partial charge in [-0.25, -0.2) is 0 Å². The Balaban J connectivity index is 1.81. The lowest BCUT2D eigenvalue weighted by molar-refractivity contribution is 0.357. The molecule has 0 radical (unpaired) electrons. The van der Waals surface area contributed by atoms with E-state index in [4.69, 9.17) is 9.15 Å². The summed E-state index contributed by atoms with van der Waals surface area (Å²) in [6.45, 7) is 5.97. The van der Waals surface area contributed by atoms with E-state index in [0.717, 1.165) is 43.7 Å². The molecule has 1 aliphatic rings. The van der Waals surface area contributed by atoms with Crippen molar-refractivity contribution >= 4 is 0 Å². The summed E-state index contributed by atoms with van der Waals surface area (Å²) < 4.78 is 11.4. The third-order valence-electron chi connectivity index (χ3n) is 3.72. The second-order valence-electron chi connectivity index (χ2n) is 5.28. The Morgan fingerprint density at radius 2 is 2.19 bits per heavy atom. The van der Waals surface area contributed by atoms with Crippen LogP contribution >= 0.6 is 0 Å². The maximum atomic E-state index is 5.85. The Bertz CT molecular complexity index is 609. The van der Waals surface area contributed by atoms with Gasteiger partial charge in [0, 0.05) is 12.0 Å². The second kappa shape index (κ2) is 6.26. The number of nitrogens with zero attached hydrogens (tertiary/aromatic N) is 2. The van der Waals surface area contributed by atoms with E-state index in [9.17, 15) is 0 Å². The Morgan fingerprint density at radius 1 is 1.29 bits per heavy atom. The number of hydrogen-bond acceptors (Lipinski definition) is 5. The molecule has 0 fully saturated rings. The van der Waals surface area contributed by atoms with E-state index >= 15 is 0 Å². The summed E-state index contributed by atoms with van der Waals surface area (Å²) in [6.07, 6.45) is 2.96. The van der Waals surface area contributed by atoms with Crippen molar-refractivity contribution in [2.24, 2.45) is 0 Å². The highest BCUT2D eigenvalue weighted by atomic mass is 16.5. The van der Waals surface area contributed by atoms with Gasteiger partial charge in [0.25, 0.3) is 0 Å². The first-order chi connectivity index (χ1) is 10.3. The maximum Gasteiger partial charge on any atom is 0.247 e. The molecular formula is C16H21N3O2. The highest BCUT2D eigenvalue weighted by molar-refractivity contribution is 5.57. The Hall–Kier alpha value is -1.88. The van der Waals surface area contributed by atoms with Gasteiger partial charge in [-0.15, -0.1) is 10.2 Å². The Morgan fingerprint density at radius 3 is 3.00 bits per heavy atom. The van der Waals surface area contributed by atoms with Gasteiger partial charge < -0.3 is 14.5 Å². The van der Waals surface area contributed by atoms with Gasteiger partial charge in [-0.05, 0) is 43.1 Å². The first-order valence-corrected chi connectivity index (χ1v) is 7.64. The molecule has 112 valence electrons. The smallest absolute Gasteiger partial charge is 0.247 e.